The molecule has 1 aromatic heterocycles. The van der Waals surface area contributed by atoms with Crippen LogP contribution in [-0.2, 0) is 0 Å². The molecule has 4 nitrogen and oxygen atoms in total. The van der Waals surface area contributed by atoms with Gasteiger partial charge in [0.15, 0.2) is 5.96 Å². The highest BCUT2D eigenvalue weighted by Crippen LogP contribution is 2.28. The van der Waals surface area contributed by atoms with Gasteiger partial charge < -0.3 is 15.7 Å². The molecular formula is C15H25ClIN3OS2. The fourth-order valence-corrected chi connectivity index (χ4v) is 4.41. The van der Waals surface area contributed by atoms with Crippen LogP contribution in [0.2, 0.25) is 4.34 Å². The Morgan fingerprint density at radius 1 is 1.52 bits per heavy atom. The summed E-state index contributed by atoms with van der Waals surface area (Å²) >= 11 is 9.25. The van der Waals surface area contributed by atoms with Gasteiger partial charge in [0.2, 0.25) is 0 Å². The van der Waals surface area contributed by atoms with E-state index in [-0.39, 0.29) is 24.0 Å². The van der Waals surface area contributed by atoms with E-state index in [9.17, 15) is 5.11 Å². The van der Waals surface area contributed by atoms with Gasteiger partial charge in [-0.1, -0.05) is 11.6 Å². The standard InChI is InChI=1S/C15H24ClN3OS2.HI/c1-3-17-15(19-10-4-5-11(8-10)21-2)18-9-12(20)13-6-7-14(16)22-13;/h6-7,10-12,20H,3-5,8-9H2,1-2H3,(H2,17,18,19);1H. The molecule has 132 valence electrons. The third-order valence-corrected chi connectivity index (χ3v) is 6.17. The summed E-state index contributed by atoms with van der Waals surface area (Å²) in [5.41, 5.74) is 0. The molecule has 1 heterocycles. The number of aliphatic hydroxyl groups excluding tert-OH is 1. The maximum Gasteiger partial charge on any atom is 0.191 e. The molecule has 0 aliphatic heterocycles. The molecule has 1 aliphatic rings. The zero-order chi connectivity index (χ0) is 15.9. The predicted molar refractivity (Wildman–Crippen MR) is 114 cm³/mol. The third kappa shape index (κ3) is 6.97. The second-order valence-corrected chi connectivity index (χ2v) is 8.27. The molecule has 0 saturated heterocycles. The number of aliphatic imine (C=N–C) groups is 1. The first-order chi connectivity index (χ1) is 10.6. The average Bonchev–Trinajstić information content (AvgIpc) is 3.13. The van der Waals surface area contributed by atoms with Crippen LogP contribution in [0.25, 0.3) is 0 Å². The molecule has 3 atom stereocenters. The van der Waals surface area contributed by atoms with Crippen LogP contribution in [0.1, 0.15) is 37.2 Å². The summed E-state index contributed by atoms with van der Waals surface area (Å²) in [5.74, 6) is 0.788. The second-order valence-electron chi connectivity index (χ2n) is 5.39. The fourth-order valence-electron chi connectivity index (χ4n) is 2.57. The highest BCUT2D eigenvalue weighted by atomic mass is 127. The van der Waals surface area contributed by atoms with Gasteiger partial charge in [0.1, 0.15) is 6.10 Å². The maximum absolute atomic E-state index is 10.2. The second kappa shape index (κ2) is 11.0. The van der Waals surface area contributed by atoms with Crippen molar-refractivity contribution < 1.29 is 5.11 Å². The van der Waals surface area contributed by atoms with Crippen LogP contribution in [0.5, 0.6) is 0 Å². The SMILES string of the molecule is CCNC(=NCC(O)c1ccc(Cl)s1)NC1CCC(SC)C1.I. The molecule has 0 amide bonds. The van der Waals surface area contributed by atoms with Gasteiger partial charge in [0.05, 0.1) is 10.9 Å². The predicted octanol–water partition coefficient (Wildman–Crippen LogP) is 3.89. The number of guanidine groups is 1. The minimum Gasteiger partial charge on any atom is -0.386 e. The van der Waals surface area contributed by atoms with Crippen molar-refractivity contribution in [1.29, 1.82) is 0 Å². The van der Waals surface area contributed by atoms with Crippen LogP contribution < -0.4 is 10.6 Å². The van der Waals surface area contributed by atoms with Crippen LogP contribution in [0.4, 0.5) is 0 Å². The molecule has 1 aromatic rings. The van der Waals surface area contributed by atoms with E-state index in [1.807, 2.05) is 24.8 Å². The van der Waals surface area contributed by atoms with Gasteiger partial charge in [0, 0.05) is 22.7 Å². The summed E-state index contributed by atoms with van der Waals surface area (Å²) in [5, 5.41) is 17.7. The first-order valence-electron chi connectivity index (χ1n) is 7.63. The minimum atomic E-state index is -0.601. The Morgan fingerprint density at radius 2 is 2.30 bits per heavy atom. The maximum atomic E-state index is 10.2. The van der Waals surface area contributed by atoms with Gasteiger partial charge in [-0.3, -0.25) is 4.99 Å². The number of rotatable bonds is 6. The number of nitrogens with one attached hydrogen (secondary N) is 2. The van der Waals surface area contributed by atoms with Crippen molar-refractivity contribution in [3.63, 3.8) is 0 Å². The van der Waals surface area contributed by atoms with Gasteiger partial charge in [0.25, 0.3) is 0 Å². The fraction of sp³-hybridized carbons (Fsp3) is 0.667. The molecule has 0 aromatic carbocycles. The van der Waals surface area contributed by atoms with Gasteiger partial charge >= 0.3 is 0 Å². The lowest BCUT2D eigenvalue weighted by molar-refractivity contribution is 0.191. The zero-order valence-corrected chi connectivity index (χ0v) is 18.1. The van der Waals surface area contributed by atoms with Crippen LogP contribution in [0.15, 0.2) is 17.1 Å². The van der Waals surface area contributed by atoms with Crippen molar-refractivity contribution in [2.45, 2.75) is 43.6 Å². The summed E-state index contributed by atoms with van der Waals surface area (Å²) in [7, 11) is 0. The summed E-state index contributed by atoms with van der Waals surface area (Å²) in [6, 6.07) is 4.13. The first kappa shape index (κ1) is 21.3. The molecule has 23 heavy (non-hydrogen) atoms. The van der Waals surface area contributed by atoms with E-state index in [1.54, 1.807) is 6.07 Å². The Morgan fingerprint density at radius 3 is 2.87 bits per heavy atom. The number of thioether (sulfide) groups is 1. The molecule has 8 heteroatoms. The summed E-state index contributed by atoms with van der Waals surface area (Å²) in [6.45, 7) is 3.20. The van der Waals surface area contributed by atoms with E-state index in [0.717, 1.165) is 22.6 Å². The first-order valence-corrected chi connectivity index (χ1v) is 10.1. The van der Waals surface area contributed by atoms with Crippen LogP contribution in [0, 0.1) is 0 Å². The molecule has 0 spiro atoms. The Bertz CT molecular complexity index is 501. The monoisotopic (exact) mass is 489 g/mol. The van der Waals surface area contributed by atoms with Crippen molar-refractivity contribution >= 4 is 64.6 Å². The molecule has 1 aliphatic carbocycles. The third-order valence-electron chi connectivity index (χ3n) is 3.75. The lowest BCUT2D eigenvalue weighted by Crippen LogP contribution is -2.42. The summed E-state index contributed by atoms with van der Waals surface area (Å²) < 4.78 is 0.692. The number of nitrogens with zero attached hydrogens (tertiary/aromatic N) is 1. The number of aliphatic hydroxyl groups is 1. The Hall–Kier alpha value is 0.300. The largest absolute Gasteiger partial charge is 0.386 e. The van der Waals surface area contributed by atoms with E-state index >= 15 is 0 Å². The molecule has 3 unspecified atom stereocenters. The van der Waals surface area contributed by atoms with E-state index in [1.165, 1.54) is 30.6 Å². The number of hydrogen-bond acceptors (Lipinski definition) is 4. The van der Waals surface area contributed by atoms with Crippen molar-refractivity contribution in [2.75, 3.05) is 19.3 Å². The van der Waals surface area contributed by atoms with Crippen LogP contribution >= 0.6 is 58.7 Å². The highest BCUT2D eigenvalue weighted by Gasteiger charge is 2.24. The van der Waals surface area contributed by atoms with Crippen molar-refractivity contribution in [1.82, 2.24) is 10.6 Å². The Labute approximate surface area is 168 Å². The van der Waals surface area contributed by atoms with Crippen molar-refractivity contribution in [3.8, 4) is 0 Å². The minimum absolute atomic E-state index is 0. The normalized spacial score (nSPS) is 22.5. The topological polar surface area (TPSA) is 56.7 Å². The van der Waals surface area contributed by atoms with Gasteiger partial charge in [-0.05, 0) is 44.6 Å². The lowest BCUT2D eigenvalue weighted by Gasteiger charge is -2.17. The van der Waals surface area contributed by atoms with Gasteiger partial charge in [-0.15, -0.1) is 35.3 Å². The van der Waals surface area contributed by atoms with Crippen molar-refractivity contribution in [3.05, 3.63) is 21.3 Å². The van der Waals surface area contributed by atoms with E-state index < -0.39 is 6.10 Å². The van der Waals surface area contributed by atoms with Gasteiger partial charge in [-0.2, -0.15) is 11.8 Å². The summed E-state index contributed by atoms with van der Waals surface area (Å²) in [6.07, 6.45) is 5.19. The van der Waals surface area contributed by atoms with Gasteiger partial charge in [-0.25, -0.2) is 0 Å². The zero-order valence-electron chi connectivity index (χ0n) is 13.4. The smallest absolute Gasteiger partial charge is 0.191 e. The molecule has 0 bridgehead atoms. The van der Waals surface area contributed by atoms with Crippen molar-refractivity contribution in [2.24, 2.45) is 4.99 Å². The summed E-state index contributed by atoms with van der Waals surface area (Å²) in [4.78, 5) is 5.37. The molecule has 1 saturated carbocycles. The lowest BCUT2D eigenvalue weighted by atomic mass is 10.2. The highest BCUT2D eigenvalue weighted by molar-refractivity contribution is 14.0. The molecule has 3 N–H and O–H groups in total. The number of halogens is 2. The number of hydrogen-bond donors (Lipinski definition) is 3. The Balaban J connectivity index is 0.00000264. The Kier molecular flexibility index (Phi) is 10.2. The number of thiophene rings is 1. The molecule has 2 rings (SSSR count). The van der Waals surface area contributed by atoms with E-state index in [2.05, 4.69) is 21.9 Å². The molecule has 1 fully saturated rings. The quantitative estimate of drug-likeness (QED) is 0.322. The van der Waals surface area contributed by atoms with Crippen LogP contribution in [-0.4, -0.2) is 41.7 Å². The molecular weight excluding hydrogens is 465 g/mol. The van der Waals surface area contributed by atoms with E-state index in [4.69, 9.17) is 11.6 Å². The van der Waals surface area contributed by atoms with E-state index in [0.29, 0.717) is 16.9 Å². The molecule has 0 radical (unpaired) electrons. The average molecular weight is 490 g/mol. The van der Waals surface area contributed by atoms with Crippen LogP contribution in [0.3, 0.4) is 0 Å².